The number of carbonyl (C=O) groups excluding carboxylic acids is 1. The van der Waals surface area contributed by atoms with Gasteiger partial charge in [-0.15, -0.1) is 0 Å². The number of carbonyl (C=O) groups is 1. The van der Waals surface area contributed by atoms with Gasteiger partial charge in [0.15, 0.2) is 5.78 Å². The number of rotatable bonds is 0. The minimum atomic E-state index is 0.360. The lowest BCUT2D eigenvalue weighted by molar-refractivity contribution is -0.116. The highest BCUT2D eigenvalue weighted by Crippen LogP contribution is 2.27. The van der Waals surface area contributed by atoms with Crippen LogP contribution < -0.4 is 5.32 Å². The predicted molar refractivity (Wildman–Crippen MR) is 43.3 cm³/mol. The summed E-state index contributed by atoms with van der Waals surface area (Å²) >= 11 is 0. The lowest BCUT2D eigenvalue weighted by atomic mass is 9.97. The van der Waals surface area contributed by atoms with Crippen molar-refractivity contribution in [2.75, 3.05) is 0 Å². The van der Waals surface area contributed by atoms with Crippen molar-refractivity contribution in [2.45, 2.75) is 38.3 Å². The van der Waals surface area contributed by atoms with E-state index in [-0.39, 0.29) is 0 Å². The summed E-state index contributed by atoms with van der Waals surface area (Å²) in [6, 6.07) is 0.863. The molecule has 2 aliphatic heterocycles. The molecule has 0 spiro atoms. The first-order chi connectivity index (χ1) is 5.31. The minimum absolute atomic E-state index is 0.360. The van der Waals surface area contributed by atoms with Crippen LogP contribution in [0.4, 0.5) is 0 Å². The third-order valence-electron chi connectivity index (χ3n) is 2.68. The molecule has 2 heterocycles. The molecule has 2 nitrogen and oxygen atoms in total. The average Bonchev–Trinajstić information content (AvgIpc) is 2.34. The van der Waals surface area contributed by atoms with Crippen LogP contribution in [0.2, 0.25) is 0 Å². The monoisotopic (exact) mass is 151 g/mol. The second-order valence-electron chi connectivity index (χ2n) is 3.36. The van der Waals surface area contributed by atoms with Crippen molar-refractivity contribution in [2.24, 2.45) is 0 Å². The third-order valence-corrected chi connectivity index (χ3v) is 2.68. The van der Waals surface area contributed by atoms with Crippen LogP contribution in [0.5, 0.6) is 0 Å². The fourth-order valence-electron chi connectivity index (χ4n) is 2.12. The van der Waals surface area contributed by atoms with Gasteiger partial charge >= 0.3 is 0 Å². The number of piperidine rings is 1. The van der Waals surface area contributed by atoms with E-state index in [1.807, 2.05) is 13.0 Å². The maximum Gasteiger partial charge on any atom is 0.161 e. The molecule has 2 saturated heterocycles. The molecule has 60 valence electrons. The van der Waals surface area contributed by atoms with Gasteiger partial charge in [0.1, 0.15) is 0 Å². The molecule has 0 aromatic rings. The zero-order valence-corrected chi connectivity index (χ0v) is 6.76. The van der Waals surface area contributed by atoms with Gasteiger partial charge in [-0.05, 0) is 19.8 Å². The van der Waals surface area contributed by atoms with Gasteiger partial charge in [-0.3, -0.25) is 4.79 Å². The van der Waals surface area contributed by atoms with Crippen LogP contribution >= 0.6 is 0 Å². The number of hydrogen-bond acceptors (Lipinski definition) is 2. The van der Waals surface area contributed by atoms with E-state index >= 15 is 0 Å². The van der Waals surface area contributed by atoms with Crippen LogP contribution in [0.15, 0.2) is 11.6 Å². The average molecular weight is 151 g/mol. The topological polar surface area (TPSA) is 29.1 Å². The van der Waals surface area contributed by atoms with Gasteiger partial charge < -0.3 is 5.32 Å². The second-order valence-corrected chi connectivity index (χ2v) is 3.36. The Hall–Kier alpha value is -0.630. The molecule has 0 aromatic heterocycles. The van der Waals surface area contributed by atoms with Gasteiger partial charge in [0.05, 0.1) is 0 Å². The maximum absolute atomic E-state index is 11.4. The number of fused-ring (bicyclic) bond motifs is 2. The first-order valence-corrected chi connectivity index (χ1v) is 4.26. The van der Waals surface area contributed by atoms with Crippen molar-refractivity contribution in [3.05, 3.63) is 11.6 Å². The minimum Gasteiger partial charge on any atom is -0.307 e. The number of ketones is 1. The van der Waals surface area contributed by atoms with Crippen molar-refractivity contribution < 1.29 is 4.79 Å². The highest BCUT2D eigenvalue weighted by atomic mass is 16.1. The zero-order chi connectivity index (χ0) is 7.84. The Kier molecular flexibility index (Phi) is 1.57. The van der Waals surface area contributed by atoms with Gasteiger partial charge in [-0.25, -0.2) is 0 Å². The predicted octanol–water partition coefficient (Wildman–Crippen LogP) is 1.03. The van der Waals surface area contributed by atoms with E-state index in [4.69, 9.17) is 0 Å². The number of Topliss-reactive ketones (excluding diaryl/α,β-unsaturated/α-hetero) is 1. The first-order valence-electron chi connectivity index (χ1n) is 4.26. The Morgan fingerprint density at radius 1 is 1.55 bits per heavy atom. The van der Waals surface area contributed by atoms with E-state index in [0.717, 1.165) is 18.4 Å². The standard InChI is InChI=1S/C9H13NO/c1-2-7-8-4-3-6(10-8)5-9(7)11/h2,6,8,10H,3-5H2,1H3/b7-2-. The molecule has 2 unspecified atom stereocenters. The van der Waals surface area contributed by atoms with Gasteiger partial charge in [0, 0.05) is 24.1 Å². The highest BCUT2D eigenvalue weighted by Gasteiger charge is 2.35. The van der Waals surface area contributed by atoms with Crippen LogP contribution in [-0.2, 0) is 4.79 Å². The molecule has 0 aliphatic carbocycles. The van der Waals surface area contributed by atoms with Crippen molar-refractivity contribution >= 4 is 5.78 Å². The number of allylic oxidation sites excluding steroid dienone is 1. The van der Waals surface area contributed by atoms with Crippen LogP contribution in [0.3, 0.4) is 0 Å². The summed E-state index contributed by atoms with van der Waals surface area (Å²) in [6.07, 6.45) is 5.00. The summed E-state index contributed by atoms with van der Waals surface area (Å²) in [5, 5.41) is 3.43. The SMILES string of the molecule is C/C=C1\C(=O)CC2CCC1N2. The van der Waals surface area contributed by atoms with Gasteiger partial charge in [-0.2, -0.15) is 0 Å². The van der Waals surface area contributed by atoms with E-state index in [1.54, 1.807) is 0 Å². The molecule has 0 amide bonds. The summed E-state index contributed by atoms with van der Waals surface area (Å²) in [6.45, 7) is 1.95. The van der Waals surface area contributed by atoms with Crippen molar-refractivity contribution in [3.63, 3.8) is 0 Å². The molecule has 1 N–H and O–H groups in total. The molecule has 2 heteroatoms. The van der Waals surface area contributed by atoms with E-state index in [0.29, 0.717) is 17.9 Å². The van der Waals surface area contributed by atoms with E-state index in [1.165, 1.54) is 6.42 Å². The van der Waals surface area contributed by atoms with E-state index in [2.05, 4.69) is 5.32 Å². The quantitative estimate of drug-likeness (QED) is 0.524. The van der Waals surface area contributed by atoms with E-state index < -0.39 is 0 Å². The van der Waals surface area contributed by atoms with Gasteiger partial charge in [0.2, 0.25) is 0 Å². The highest BCUT2D eigenvalue weighted by molar-refractivity contribution is 5.98. The molecule has 2 atom stereocenters. The molecule has 2 bridgehead atoms. The third kappa shape index (κ3) is 1.02. The van der Waals surface area contributed by atoms with Crippen LogP contribution in [0.1, 0.15) is 26.2 Å². The van der Waals surface area contributed by atoms with Gasteiger partial charge in [0.25, 0.3) is 0 Å². The van der Waals surface area contributed by atoms with Crippen LogP contribution in [-0.4, -0.2) is 17.9 Å². The van der Waals surface area contributed by atoms with Crippen molar-refractivity contribution in [1.82, 2.24) is 5.32 Å². The molecule has 2 fully saturated rings. The Bertz CT molecular complexity index is 220. The Morgan fingerprint density at radius 3 is 3.09 bits per heavy atom. The zero-order valence-electron chi connectivity index (χ0n) is 6.76. The van der Waals surface area contributed by atoms with Crippen molar-refractivity contribution in [3.8, 4) is 0 Å². The first kappa shape index (κ1) is 7.04. The van der Waals surface area contributed by atoms with Crippen LogP contribution in [0, 0.1) is 0 Å². The normalized spacial score (nSPS) is 40.1. The van der Waals surface area contributed by atoms with Crippen molar-refractivity contribution in [1.29, 1.82) is 0 Å². The molecular weight excluding hydrogens is 138 g/mol. The largest absolute Gasteiger partial charge is 0.307 e. The molecule has 2 aliphatic rings. The molecule has 11 heavy (non-hydrogen) atoms. The number of nitrogens with one attached hydrogen (secondary N) is 1. The second kappa shape index (κ2) is 2.45. The summed E-state index contributed by atoms with van der Waals surface area (Å²) in [5.41, 5.74) is 1.01. The fourth-order valence-corrected chi connectivity index (χ4v) is 2.12. The lowest BCUT2D eigenvalue weighted by Crippen LogP contribution is -2.40. The Labute approximate surface area is 66.7 Å². The molecule has 0 radical (unpaired) electrons. The summed E-state index contributed by atoms with van der Waals surface area (Å²) < 4.78 is 0. The lowest BCUT2D eigenvalue weighted by Gasteiger charge is -2.22. The summed E-state index contributed by atoms with van der Waals surface area (Å²) in [7, 11) is 0. The van der Waals surface area contributed by atoms with E-state index in [9.17, 15) is 4.79 Å². The van der Waals surface area contributed by atoms with Gasteiger partial charge in [-0.1, -0.05) is 6.08 Å². The molecular formula is C9H13NO. The Balaban J connectivity index is 2.27. The fraction of sp³-hybridized carbons (Fsp3) is 0.667. The molecule has 2 rings (SSSR count). The molecule has 0 aromatic carbocycles. The van der Waals surface area contributed by atoms with Crippen LogP contribution in [0.25, 0.3) is 0 Å². The smallest absolute Gasteiger partial charge is 0.161 e. The molecule has 0 saturated carbocycles. The number of hydrogen-bond donors (Lipinski definition) is 1. The maximum atomic E-state index is 11.4. The summed E-state index contributed by atoms with van der Waals surface area (Å²) in [4.78, 5) is 11.4. The Morgan fingerprint density at radius 2 is 2.36 bits per heavy atom. The summed E-state index contributed by atoms with van der Waals surface area (Å²) in [5.74, 6) is 0.360.